The van der Waals surface area contributed by atoms with Crippen LogP contribution in [0.15, 0.2) is 99.9 Å². The van der Waals surface area contributed by atoms with E-state index in [0.717, 1.165) is 69.2 Å². The summed E-state index contributed by atoms with van der Waals surface area (Å²) in [5.41, 5.74) is 2.05. The molecule has 0 aliphatic carbocycles. The van der Waals surface area contributed by atoms with Crippen LogP contribution in [0.3, 0.4) is 0 Å². The molecule has 56 heavy (non-hydrogen) atoms. The van der Waals surface area contributed by atoms with Gasteiger partial charge in [-0.05, 0) is 24.0 Å². The summed E-state index contributed by atoms with van der Waals surface area (Å²) in [5.74, 6) is 0.643. The molecule has 8 nitrogen and oxygen atoms in total. The molecule has 3 aliphatic heterocycles. The highest BCUT2D eigenvalue weighted by molar-refractivity contribution is 8.26. The maximum atomic E-state index is 14.5. The largest absolute Gasteiger partial charge is 0.491 e. The van der Waals surface area contributed by atoms with Crippen LogP contribution in [0.5, 0.6) is 11.5 Å². The molecule has 292 valence electrons. The summed E-state index contributed by atoms with van der Waals surface area (Å²) in [5, 5.41) is 22.8. The quantitative estimate of drug-likeness (QED) is 0.0473. The Balaban J connectivity index is 1.38. The van der Waals surface area contributed by atoms with Crippen LogP contribution in [0, 0.1) is 22.7 Å². The lowest BCUT2D eigenvalue weighted by molar-refractivity contribution is -0.149. The number of hydrogen-bond acceptors (Lipinski definition) is 10. The molecule has 0 radical (unpaired) electrons. The third-order valence-corrected chi connectivity index (χ3v) is 14.9. The van der Waals surface area contributed by atoms with Crippen molar-refractivity contribution in [2.45, 2.75) is 124 Å². The first-order valence-electron chi connectivity index (χ1n) is 19.7. The van der Waals surface area contributed by atoms with E-state index < -0.39 is 0 Å². The lowest BCUT2D eigenvalue weighted by Gasteiger charge is -2.27. The zero-order chi connectivity index (χ0) is 39.3. The molecular formula is C44H48N4O4S4. The molecule has 0 spiro atoms. The lowest BCUT2D eigenvalue weighted by Crippen LogP contribution is -2.39. The van der Waals surface area contributed by atoms with Crippen molar-refractivity contribution in [2.75, 3.05) is 13.2 Å². The van der Waals surface area contributed by atoms with Gasteiger partial charge < -0.3 is 9.47 Å². The van der Waals surface area contributed by atoms with Gasteiger partial charge >= 0.3 is 0 Å². The highest BCUT2D eigenvalue weighted by Crippen LogP contribution is 2.68. The van der Waals surface area contributed by atoms with E-state index in [1.54, 1.807) is 10.0 Å². The van der Waals surface area contributed by atoms with Crippen LogP contribution in [0.1, 0.15) is 102 Å². The van der Waals surface area contributed by atoms with Gasteiger partial charge in [-0.2, -0.15) is 10.5 Å². The second-order valence-electron chi connectivity index (χ2n) is 13.9. The molecule has 0 bridgehead atoms. The van der Waals surface area contributed by atoms with E-state index in [1.165, 1.54) is 85.6 Å². The summed E-state index contributed by atoms with van der Waals surface area (Å²) in [6, 6.07) is 23.6. The number of hydrazine groups is 1. The minimum Gasteiger partial charge on any atom is -0.491 e. The smallest absolute Gasteiger partial charge is 0.280 e. The number of hydrogen-bond donors (Lipinski definition) is 0. The van der Waals surface area contributed by atoms with E-state index in [1.807, 2.05) is 60.7 Å². The molecule has 1 saturated heterocycles. The van der Waals surface area contributed by atoms with E-state index in [0.29, 0.717) is 33.2 Å². The fourth-order valence-corrected chi connectivity index (χ4v) is 12.1. The van der Waals surface area contributed by atoms with Crippen LogP contribution < -0.4 is 9.47 Å². The Morgan fingerprint density at radius 1 is 0.571 bits per heavy atom. The number of allylic oxidation sites excluding steroid dienone is 1. The van der Waals surface area contributed by atoms with Gasteiger partial charge in [-0.15, -0.1) is 0 Å². The minimum absolute atomic E-state index is 0.0578. The Kier molecular flexibility index (Phi) is 15.6. The van der Waals surface area contributed by atoms with Gasteiger partial charge in [-0.25, -0.2) is 10.0 Å². The zero-order valence-electron chi connectivity index (χ0n) is 32.1. The van der Waals surface area contributed by atoms with E-state index in [4.69, 9.17) is 9.47 Å². The number of amides is 2. The Morgan fingerprint density at radius 3 is 1.38 bits per heavy atom. The number of unbranched alkanes of at least 4 members (excludes halogenated alkanes) is 10. The Morgan fingerprint density at radius 2 is 0.964 bits per heavy atom. The van der Waals surface area contributed by atoms with E-state index in [2.05, 4.69) is 26.0 Å². The summed E-state index contributed by atoms with van der Waals surface area (Å²) < 4.78 is 14.5. The zero-order valence-corrected chi connectivity index (χ0v) is 35.4. The van der Waals surface area contributed by atoms with Crippen LogP contribution in [0.2, 0.25) is 0 Å². The third-order valence-electron chi connectivity index (χ3n) is 9.68. The molecule has 6 rings (SSSR count). The van der Waals surface area contributed by atoms with Crippen molar-refractivity contribution in [3.05, 3.63) is 91.4 Å². The average Bonchev–Trinajstić information content (AvgIpc) is 3.91. The van der Waals surface area contributed by atoms with Crippen molar-refractivity contribution in [2.24, 2.45) is 0 Å². The van der Waals surface area contributed by atoms with Gasteiger partial charge in [0.25, 0.3) is 11.8 Å². The third kappa shape index (κ3) is 9.95. The number of ether oxygens (including phenoxy) is 2. The monoisotopic (exact) mass is 824 g/mol. The standard InChI is InChI=1S/C44H48N4O4S4/c1-3-5-7-9-11-19-25-51-35-37-38(54-43(53-37)33(27-45)28-46)36(52-26-20-12-10-8-6-4-2)40-39(35)55-44(56-40)34-41(49)47(29-31-21-15-13-16-22-31)48(42(34)50)30-32-23-17-14-18-24-32/h13-18,21-24H,3-12,19-20,25-26,29-30H2,1-2H3. The molecule has 0 atom stereocenters. The van der Waals surface area contributed by atoms with Crippen LogP contribution in [0.4, 0.5) is 0 Å². The number of rotatable bonds is 20. The molecule has 0 unspecified atom stereocenters. The maximum absolute atomic E-state index is 14.5. The molecule has 2 amide bonds. The van der Waals surface area contributed by atoms with Gasteiger partial charge in [0.2, 0.25) is 0 Å². The number of fused-ring (bicyclic) bond motifs is 2. The van der Waals surface area contributed by atoms with Gasteiger partial charge in [-0.1, -0.05) is 186 Å². The highest BCUT2D eigenvalue weighted by Gasteiger charge is 2.46. The molecule has 3 heterocycles. The summed E-state index contributed by atoms with van der Waals surface area (Å²) >= 11 is 5.51. The molecule has 0 N–H and O–H groups in total. The first-order valence-corrected chi connectivity index (χ1v) is 23.0. The minimum atomic E-state index is -0.337. The van der Waals surface area contributed by atoms with E-state index in [9.17, 15) is 20.1 Å². The molecule has 3 aliphatic rings. The normalized spacial score (nSPS) is 14.6. The summed E-state index contributed by atoms with van der Waals surface area (Å²) in [4.78, 5) is 32.2. The number of nitrogens with zero attached hydrogens (tertiary/aromatic N) is 4. The fourth-order valence-electron chi connectivity index (χ4n) is 6.67. The van der Waals surface area contributed by atoms with Crippen molar-refractivity contribution in [3.8, 4) is 23.6 Å². The van der Waals surface area contributed by atoms with Crippen LogP contribution in [-0.2, 0) is 22.7 Å². The number of carbonyl (C=O) groups is 2. The molecule has 0 aromatic heterocycles. The second-order valence-corrected chi connectivity index (χ2v) is 18.5. The molecule has 1 fully saturated rings. The number of nitriles is 2. The molecule has 3 aromatic carbocycles. The predicted molar refractivity (Wildman–Crippen MR) is 227 cm³/mol. The van der Waals surface area contributed by atoms with Gasteiger partial charge in [-0.3, -0.25) is 9.59 Å². The number of carbonyl (C=O) groups excluding carboxylic acids is 2. The Labute approximate surface area is 348 Å². The van der Waals surface area contributed by atoms with Gasteiger partial charge in [0.15, 0.2) is 0 Å². The first kappa shape index (κ1) is 41.7. The fraction of sp³-hybridized carbons (Fsp3) is 0.409. The number of benzene rings is 3. The van der Waals surface area contributed by atoms with Crippen molar-refractivity contribution < 1.29 is 19.1 Å². The van der Waals surface area contributed by atoms with Crippen LogP contribution in [-0.4, -0.2) is 35.0 Å². The first-order chi connectivity index (χ1) is 27.5. The summed E-state index contributed by atoms with van der Waals surface area (Å²) in [6.07, 6.45) is 13.4. The van der Waals surface area contributed by atoms with E-state index in [-0.39, 0.29) is 36.1 Å². The van der Waals surface area contributed by atoms with Crippen molar-refractivity contribution >= 4 is 58.9 Å². The highest BCUT2D eigenvalue weighted by atomic mass is 32.2. The topological polar surface area (TPSA) is 107 Å². The predicted octanol–water partition coefficient (Wildman–Crippen LogP) is 12.0. The average molecular weight is 825 g/mol. The molecule has 3 aromatic rings. The van der Waals surface area contributed by atoms with Gasteiger partial charge in [0, 0.05) is 0 Å². The number of thioether (sulfide) groups is 4. The maximum Gasteiger partial charge on any atom is 0.280 e. The van der Waals surface area contributed by atoms with Crippen LogP contribution >= 0.6 is 47.0 Å². The van der Waals surface area contributed by atoms with Crippen molar-refractivity contribution in [3.63, 3.8) is 0 Å². The molecular weight excluding hydrogens is 777 g/mol. The van der Waals surface area contributed by atoms with Gasteiger partial charge in [0.05, 0.1) is 54.4 Å². The lowest BCUT2D eigenvalue weighted by atomic mass is 10.1. The Hall–Kier alpha value is -3.94. The SMILES string of the molecule is CCCCCCCCOc1c2c(c(OCCCCCCCC)c3c1SC(=C1C(=O)N(Cc4ccccc4)N(Cc4ccccc4)C1=O)S3)SC(=C(C#N)C#N)S2. The van der Waals surface area contributed by atoms with Gasteiger partial charge in [0.1, 0.15) is 34.8 Å². The Bertz CT molecular complexity index is 1890. The second kappa shape index (κ2) is 21.0. The summed E-state index contributed by atoms with van der Waals surface area (Å²) in [7, 11) is 0. The summed E-state index contributed by atoms with van der Waals surface area (Å²) in [6.45, 7) is 5.94. The van der Waals surface area contributed by atoms with E-state index >= 15 is 0 Å². The molecule has 12 heteroatoms. The van der Waals surface area contributed by atoms with Crippen molar-refractivity contribution in [1.29, 1.82) is 10.5 Å². The van der Waals surface area contributed by atoms with Crippen LogP contribution in [0.25, 0.3) is 0 Å². The molecule has 0 saturated carbocycles. The van der Waals surface area contributed by atoms with Crippen molar-refractivity contribution in [1.82, 2.24) is 10.0 Å².